The zero-order valence-corrected chi connectivity index (χ0v) is 20.8. The van der Waals surface area contributed by atoms with Crippen LogP contribution in [-0.4, -0.2) is 22.3 Å². The van der Waals surface area contributed by atoms with E-state index in [1.54, 1.807) is 0 Å². The summed E-state index contributed by atoms with van der Waals surface area (Å²) < 4.78 is 52.6. The number of rotatable bonds is 3. The Morgan fingerprint density at radius 2 is 1.78 bits per heavy atom. The minimum absolute atomic E-state index is 0.00975. The average molecular weight is 504 g/mol. The number of aromatic nitrogens is 1. The fourth-order valence-corrected chi connectivity index (χ4v) is 6.92. The maximum absolute atomic E-state index is 13.6. The summed E-state index contributed by atoms with van der Waals surface area (Å²) in [5.74, 6) is -0.259. The van der Waals surface area contributed by atoms with Gasteiger partial charge in [0.15, 0.2) is 0 Å². The number of ether oxygens (including phenoxy) is 2. The summed E-state index contributed by atoms with van der Waals surface area (Å²) >= 11 is 0. The molecule has 2 saturated carbocycles. The molecule has 1 aromatic heterocycles. The van der Waals surface area contributed by atoms with Gasteiger partial charge in [0.2, 0.25) is 0 Å². The van der Waals surface area contributed by atoms with Gasteiger partial charge in [-0.1, -0.05) is 32.8 Å². The Bertz CT molecular complexity index is 1210. The Hall–Kier alpha value is -2.16. The molecule has 0 saturated heterocycles. The third kappa shape index (κ3) is 3.37. The highest BCUT2D eigenvalue weighted by Crippen LogP contribution is 2.66. The van der Waals surface area contributed by atoms with Gasteiger partial charge in [0.25, 0.3) is 0 Å². The van der Waals surface area contributed by atoms with E-state index in [1.165, 1.54) is 19.2 Å². The number of aliphatic hydroxyl groups is 2. The van der Waals surface area contributed by atoms with Crippen molar-refractivity contribution in [1.82, 2.24) is 4.98 Å². The van der Waals surface area contributed by atoms with Crippen LogP contribution in [0.5, 0.6) is 5.75 Å². The number of benzene rings is 1. The van der Waals surface area contributed by atoms with E-state index in [-0.39, 0.29) is 17.1 Å². The number of nitrogens with zero attached hydrogens (tertiary/aromatic N) is 1. The first-order valence-electron chi connectivity index (χ1n) is 12.9. The molecule has 8 heteroatoms. The number of methoxy groups -OCH3 is 1. The van der Waals surface area contributed by atoms with Gasteiger partial charge in [0, 0.05) is 22.2 Å². The Morgan fingerprint density at radius 3 is 2.36 bits per heavy atom. The summed E-state index contributed by atoms with van der Waals surface area (Å²) in [6.07, 6.45) is -0.987. The monoisotopic (exact) mass is 503 g/mol. The second-order valence-electron chi connectivity index (χ2n) is 11.4. The van der Waals surface area contributed by atoms with Crippen LogP contribution in [0.25, 0.3) is 0 Å². The lowest BCUT2D eigenvalue weighted by atomic mass is 9.73. The van der Waals surface area contributed by atoms with Crippen molar-refractivity contribution in [1.29, 1.82) is 0 Å². The maximum Gasteiger partial charge on any atom is 0.419 e. The van der Waals surface area contributed by atoms with Crippen LogP contribution >= 0.6 is 0 Å². The number of halogens is 3. The number of aliphatic hydroxyl groups excluding tert-OH is 2. The summed E-state index contributed by atoms with van der Waals surface area (Å²) in [6, 6.07) is 3.92. The van der Waals surface area contributed by atoms with Crippen LogP contribution in [-0.2, 0) is 16.5 Å². The van der Waals surface area contributed by atoms with Crippen molar-refractivity contribution in [2.45, 2.75) is 94.8 Å². The van der Waals surface area contributed by atoms with Crippen LogP contribution in [0.1, 0.15) is 122 Å². The molecule has 2 N–H and O–H groups in total. The van der Waals surface area contributed by atoms with Gasteiger partial charge in [-0.25, -0.2) is 0 Å². The molecule has 36 heavy (non-hydrogen) atoms. The van der Waals surface area contributed by atoms with Gasteiger partial charge in [0.05, 0.1) is 30.1 Å². The molecule has 3 atom stereocenters. The first-order chi connectivity index (χ1) is 17.0. The lowest BCUT2D eigenvalue weighted by Gasteiger charge is -2.37. The highest BCUT2D eigenvalue weighted by molar-refractivity contribution is 5.56. The zero-order valence-electron chi connectivity index (χ0n) is 20.8. The van der Waals surface area contributed by atoms with Crippen LogP contribution in [0, 0.1) is 5.41 Å². The van der Waals surface area contributed by atoms with E-state index in [2.05, 4.69) is 0 Å². The highest BCUT2D eigenvalue weighted by atomic mass is 19.4. The van der Waals surface area contributed by atoms with Crippen molar-refractivity contribution in [2.75, 3.05) is 7.11 Å². The third-order valence-electron chi connectivity index (χ3n) is 8.85. The largest absolute Gasteiger partial charge is 0.496 e. The molecule has 1 aliphatic heterocycles. The molecule has 2 fully saturated rings. The van der Waals surface area contributed by atoms with Crippen LogP contribution < -0.4 is 4.74 Å². The van der Waals surface area contributed by atoms with Crippen molar-refractivity contribution < 1.29 is 32.9 Å². The predicted octanol–water partition coefficient (Wildman–Crippen LogP) is 6.37. The number of hydrogen-bond donors (Lipinski definition) is 2. The molecule has 0 amide bonds. The number of fused-ring (bicyclic) bond motifs is 4. The Labute approximate surface area is 208 Å². The molecule has 2 spiro atoms. The summed E-state index contributed by atoms with van der Waals surface area (Å²) in [6.45, 7) is 4.05. The predicted molar refractivity (Wildman–Crippen MR) is 126 cm³/mol. The lowest BCUT2D eigenvalue weighted by Crippen LogP contribution is -2.32. The molecule has 194 valence electrons. The molecule has 3 unspecified atom stereocenters. The Morgan fingerprint density at radius 1 is 1.08 bits per heavy atom. The van der Waals surface area contributed by atoms with E-state index in [4.69, 9.17) is 14.5 Å². The Balaban J connectivity index is 1.59. The SMILES string of the molecule is COc1cc(C2OC3(CCCC3)c3c4c(nc(C(C)C)c32)C(O)C2(CC2)CC4O)ccc1C(F)(F)F. The molecule has 3 aliphatic carbocycles. The highest BCUT2D eigenvalue weighted by Gasteiger charge is 2.59. The molecular weight excluding hydrogens is 471 g/mol. The van der Waals surface area contributed by atoms with Crippen molar-refractivity contribution in [3.8, 4) is 5.75 Å². The second-order valence-corrected chi connectivity index (χ2v) is 11.4. The van der Waals surface area contributed by atoms with Gasteiger partial charge in [-0.3, -0.25) is 4.98 Å². The smallest absolute Gasteiger partial charge is 0.419 e. The lowest BCUT2D eigenvalue weighted by molar-refractivity contribution is -0.138. The molecule has 6 rings (SSSR count). The van der Waals surface area contributed by atoms with E-state index in [1.807, 2.05) is 13.8 Å². The maximum atomic E-state index is 13.6. The van der Waals surface area contributed by atoms with Gasteiger partial charge in [-0.05, 0) is 61.3 Å². The first-order valence-corrected chi connectivity index (χ1v) is 12.9. The van der Waals surface area contributed by atoms with E-state index in [0.29, 0.717) is 23.2 Å². The van der Waals surface area contributed by atoms with Crippen LogP contribution in [0.3, 0.4) is 0 Å². The van der Waals surface area contributed by atoms with Crippen LogP contribution in [0.2, 0.25) is 0 Å². The van der Waals surface area contributed by atoms with Crippen molar-refractivity contribution in [3.05, 3.63) is 57.4 Å². The van der Waals surface area contributed by atoms with Crippen LogP contribution in [0.15, 0.2) is 18.2 Å². The van der Waals surface area contributed by atoms with Crippen LogP contribution in [0.4, 0.5) is 13.2 Å². The average Bonchev–Trinajstić information content (AvgIpc) is 3.31. The van der Waals surface area contributed by atoms with Gasteiger partial charge in [0.1, 0.15) is 18.0 Å². The number of alkyl halides is 3. The molecule has 1 aromatic carbocycles. The standard InChI is InChI=1S/C28H32F3NO4/c1-14(2)22-20-21(19-17(33)13-26(10-11-26)25(34)23(19)32-22)27(8-4-5-9-27)36-24(20)15-6-7-16(28(29,30)31)18(12-15)35-3/h6-7,12,14,17,24-25,33-34H,4-5,8-11,13H2,1-3H3. The summed E-state index contributed by atoms with van der Waals surface area (Å²) in [7, 11) is 1.24. The normalized spacial score (nSPS) is 27.5. The van der Waals surface area contributed by atoms with Gasteiger partial charge < -0.3 is 19.7 Å². The molecule has 4 aliphatic rings. The molecule has 2 heterocycles. The number of hydrogen-bond acceptors (Lipinski definition) is 5. The molecule has 5 nitrogen and oxygen atoms in total. The summed E-state index contributed by atoms with van der Waals surface area (Å²) in [4.78, 5) is 4.98. The second kappa shape index (κ2) is 7.92. The van der Waals surface area contributed by atoms with Crippen molar-refractivity contribution in [2.24, 2.45) is 5.41 Å². The minimum atomic E-state index is -4.53. The van der Waals surface area contributed by atoms with Gasteiger partial charge >= 0.3 is 6.18 Å². The fraction of sp³-hybridized carbons (Fsp3) is 0.607. The third-order valence-corrected chi connectivity index (χ3v) is 8.85. The molecular formula is C28H32F3NO4. The quantitative estimate of drug-likeness (QED) is 0.509. The van der Waals surface area contributed by atoms with E-state index in [0.717, 1.165) is 61.4 Å². The summed E-state index contributed by atoms with van der Waals surface area (Å²) in [5.41, 5.74) is 2.56. The zero-order chi connectivity index (χ0) is 25.6. The molecule has 0 radical (unpaired) electrons. The topological polar surface area (TPSA) is 71.8 Å². The van der Waals surface area contributed by atoms with E-state index in [9.17, 15) is 23.4 Å². The van der Waals surface area contributed by atoms with Crippen molar-refractivity contribution in [3.63, 3.8) is 0 Å². The van der Waals surface area contributed by atoms with E-state index >= 15 is 0 Å². The molecule has 2 aromatic rings. The summed E-state index contributed by atoms with van der Waals surface area (Å²) in [5, 5.41) is 22.8. The first kappa shape index (κ1) is 24.2. The van der Waals surface area contributed by atoms with Gasteiger partial charge in [-0.2, -0.15) is 13.2 Å². The number of pyridine rings is 1. The van der Waals surface area contributed by atoms with Gasteiger partial charge in [-0.15, -0.1) is 0 Å². The Kier molecular flexibility index (Phi) is 5.32. The molecule has 0 bridgehead atoms. The van der Waals surface area contributed by atoms with E-state index < -0.39 is 35.7 Å². The fourth-order valence-electron chi connectivity index (χ4n) is 6.92. The minimum Gasteiger partial charge on any atom is -0.496 e. The van der Waals surface area contributed by atoms with Crippen molar-refractivity contribution >= 4 is 0 Å².